The summed E-state index contributed by atoms with van der Waals surface area (Å²) >= 11 is 3.26. The molecule has 0 radical (unpaired) electrons. The van der Waals surface area contributed by atoms with Crippen molar-refractivity contribution in [2.24, 2.45) is 0 Å². The van der Waals surface area contributed by atoms with Gasteiger partial charge in [-0.1, -0.05) is 12.6 Å². The molecule has 0 aliphatic heterocycles. The second-order valence-electron chi connectivity index (χ2n) is 3.53. The van der Waals surface area contributed by atoms with Crippen LogP contribution < -0.4 is 0 Å². The summed E-state index contributed by atoms with van der Waals surface area (Å²) in [5, 5.41) is 0. The molecule has 1 heterocycles. The molecule has 0 aromatic carbocycles. The van der Waals surface area contributed by atoms with Gasteiger partial charge in [0.25, 0.3) is 0 Å². The van der Waals surface area contributed by atoms with Crippen LogP contribution in [-0.4, -0.2) is 35.3 Å². The molecule has 16 heavy (non-hydrogen) atoms. The number of amides is 1. The van der Waals surface area contributed by atoms with E-state index in [1.165, 1.54) is 4.90 Å². The van der Waals surface area contributed by atoms with E-state index >= 15 is 0 Å². The first kappa shape index (κ1) is 12.7. The van der Waals surface area contributed by atoms with Crippen LogP contribution in [0.25, 0.3) is 0 Å². The van der Waals surface area contributed by atoms with E-state index in [1.54, 1.807) is 11.1 Å². The van der Waals surface area contributed by atoms with E-state index in [4.69, 9.17) is 0 Å². The zero-order valence-corrected chi connectivity index (χ0v) is 10.9. The second kappa shape index (κ2) is 5.65. The number of rotatable bonds is 5. The molecule has 1 aromatic rings. The van der Waals surface area contributed by atoms with Gasteiger partial charge in [-0.2, -0.15) is 0 Å². The molecule has 0 aliphatic rings. The Hall–Kier alpha value is -1.36. The molecule has 5 heteroatoms. The minimum absolute atomic E-state index is 0.473. The Morgan fingerprint density at radius 3 is 2.69 bits per heavy atom. The van der Waals surface area contributed by atoms with Crippen LogP contribution in [0.1, 0.15) is 5.56 Å². The van der Waals surface area contributed by atoms with Gasteiger partial charge >= 0.3 is 0 Å². The first-order valence-corrected chi connectivity index (χ1v) is 5.52. The van der Waals surface area contributed by atoms with E-state index < -0.39 is 0 Å². The number of hydrogen-bond acceptors (Lipinski definition) is 3. The second-order valence-corrected chi connectivity index (χ2v) is 4.35. The number of aromatic nitrogens is 1. The van der Waals surface area contributed by atoms with Gasteiger partial charge in [-0.15, -0.1) is 0 Å². The molecule has 0 fully saturated rings. The zero-order chi connectivity index (χ0) is 12.1. The molecule has 0 bridgehead atoms. The lowest BCUT2D eigenvalue weighted by Crippen LogP contribution is -2.29. The first-order chi connectivity index (χ1) is 7.54. The van der Waals surface area contributed by atoms with Crippen molar-refractivity contribution in [2.45, 2.75) is 6.54 Å². The fourth-order valence-electron chi connectivity index (χ4n) is 1.14. The molecule has 0 atom stereocenters. The normalized spacial score (nSPS) is 9.69. The summed E-state index contributed by atoms with van der Waals surface area (Å²) in [4.78, 5) is 18.4. The minimum atomic E-state index is 0.473. The smallest absolute Gasteiger partial charge is 0.215 e. The maximum Gasteiger partial charge on any atom is 0.215 e. The average Bonchev–Trinajstić information content (AvgIpc) is 2.27. The topological polar surface area (TPSA) is 36.4 Å². The Bertz CT molecular complexity index is 375. The van der Waals surface area contributed by atoms with Gasteiger partial charge in [-0.25, -0.2) is 4.98 Å². The molecule has 4 nitrogen and oxygen atoms in total. The third-order valence-corrected chi connectivity index (χ3v) is 2.59. The van der Waals surface area contributed by atoms with Gasteiger partial charge < -0.3 is 4.90 Å². The monoisotopic (exact) mass is 283 g/mol. The summed E-state index contributed by atoms with van der Waals surface area (Å²) in [6.45, 7) is 4.30. The average molecular weight is 284 g/mol. The van der Waals surface area contributed by atoms with Crippen LogP contribution >= 0.6 is 15.9 Å². The highest BCUT2D eigenvalue weighted by Gasteiger charge is 2.08. The Kier molecular flexibility index (Phi) is 4.49. The Balaban J connectivity index is 2.74. The van der Waals surface area contributed by atoms with Gasteiger partial charge in [-0.05, 0) is 27.6 Å². The third kappa shape index (κ3) is 3.34. The largest absolute Gasteiger partial charge is 0.365 e. The molecular formula is C11H14BrN3O. The van der Waals surface area contributed by atoms with Crippen LogP contribution in [-0.2, 0) is 11.3 Å². The van der Waals surface area contributed by atoms with Gasteiger partial charge in [-0.3, -0.25) is 9.69 Å². The van der Waals surface area contributed by atoms with Crippen LogP contribution in [0, 0.1) is 0 Å². The van der Waals surface area contributed by atoms with Crippen molar-refractivity contribution in [1.82, 2.24) is 14.8 Å². The molecule has 86 valence electrons. The molecule has 0 aliphatic carbocycles. The van der Waals surface area contributed by atoms with E-state index in [1.807, 2.05) is 26.2 Å². The van der Waals surface area contributed by atoms with Crippen molar-refractivity contribution >= 4 is 22.3 Å². The van der Waals surface area contributed by atoms with Crippen molar-refractivity contribution in [1.29, 1.82) is 0 Å². The third-order valence-electron chi connectivity index (χ3n) is 2.12. The molecule has 0 saturated carbocycles. The molecule has 0 unspecified atom stereocenters. The molecule has 1 amide bonds. The lowest BCUT2D eigenvalue weighted by molar-refractivity contribution is -0.117. The summed E-state index contributed by atoms with van der Waals surface area (Å²) < 4.78 is 0.778. The molecule has 1 aromatic heterocycles. The summed E-state index contributed by atoms with van der Waals surface area (Å²) in [6.07, 6.45) is 2.49. The van der Waals surface area contributed by atoms with Crippen LogP contribution in [0.3, 0.4) is 0 Å². The van der Waals surface area contributed by atoms with Crippen molar-refractivity contribution in [3.05, 3.63) is 40.9 Å². The molecule has 0 spiro atoms. The van der Waals surface area contributed by atoms with Crippen molar-refractivity contribution < 1.29 is 4.79 Å². The number of hydrogen-bond donors (Lipinski definition) is 0. The maximum absolute atomic E-state index is 10.9. The highest BCUT2D eigenvalue weighted by atomic mass is 79.9. The predicted octanol–water partition coefficient (Wildman–Crippen LogP) is 1.84. The number of nitrogens with zero attached hydrogens (tertiary/aromatic N) is 3. The van der Waals surface area contributed by atoms with Gasteiger partial charge in [0, 0.05) is 20.3 Å². The van der Waals surface area contributed by atoms with E-state index in [9.17, 15) is 4.79 Å². The van der Waals surface area contributed by atoms with Crippen LogP contribution in [0.15, 0.2) is 35.3 Å². The molecular weight excluding hydrogens is 270 g/mol. The van der Waals surface area contributed by atoms with Crippen LogP contribution in [0.4, 0.5) is 0 Å². The van der Waals surface area contributed by atoms with Crippen molar-refractivity contribution in [3.8, 4) is 0 Å². The lowest BCUT2D eigenvalue weighted by Gasteiger charge is -2.25. The van der Waals surface area contributed by atoms with E-state index in [-0.39, 0.29) is 0 Å². The van der Waals surface area contributed by atoms with E-state index in [0.29, 0.717) is 12.4 Å². The van der Waals surface area contributed by atoms with E-state index in [0.717, 1.165) is 16.6 Å². The SMILES string of the molecule is C=C(N(C)C)N(C=O)Cc1ccc(Br)nc1. The summed E-state index contributed by atoms with van der Waals surface area (Å²) in [5.41, 5.74) is 0.957. The minimum Gasteiger partial charge on any atom is -0.365 e. The summed E-state index contributed by atoms with van der Waals surface area (Å²) in [6, 6.07) is 3.76. The Morgan fingerprint density at radius 1 is 1.56 bits per heavy atom. The first-order valence-electron chi connectivity index (χ1n) is 4.73. The quantitative estimate of drug-likeness (QED) is 0.611. The summed E-state index contributed by atoms with van der Waals surface area (Å²) in [7, 11) is 3.69. The van der Waals surface area contributed by atoms with Gasteiger partial charge in [0.05, 0.1) is 6.54 Å². The Morgan fingerprint density at radius 2 is 2.25 bits per heavy atom. The number of carbonyl (C=O) groups is 1. The Labute approximate surface area is 104 Å². The van der Waals surface area contributed by atoms with Crippen molar-refractivity contribution in [2.75, 3.05) is 14.1 Å². The number of halogens is 1. The van der Waals surface area contributed by atoms with Gasteiger partial charge in [0.2, 0.25) is 6.41 Å². The summed E-state index contributed by atoms with van der Waals surface area (Å²) in [5.74, 6) is 0.651. The standard InChI is InChI=1S/C11H14BrN3O/c1-9(14(2)3)15(8-16)7-10-4-5-11(12)13-6-10/h4-6,8H,1,7H2,2-3H3. The molecule has 0 N–H and O–H groups in total. The highest BCUT2D eigenvalue weighted by molar-refractivity contribution is 9.10. The van der Waals surface area contributed by atoms with E-state index in [2.05, 4.69) is 27.5 Å². The fraction of sp³-hybridized carbons (Fsp3) is 0.273. The molecule has 1 rings (SSSR count). The fourth-order valence-corrected chi connectivity index (χ4v) is 1.38. The van der Waals surface area contributed by atoms with Gasteiger partial charge in [0.15, 0.2) is 0 Å². The number of carbonyl (C=O) groups excluding carboxylic acids is 1. The zero-order valence-electron chi connectivity index (χ0n) is 9.35. The number of pyridine rings is 1. The molecule has 0 saturated heterocycles. The van der Waals surface area contributed by atoms with Crippen molar-refractivity contribution in [3.63, 3.8) is 0 Å². The van der Waals surface area contributed by atoms with Crippen LogP contribution in [0.2, 0.25) is 0 Å². The predicted molar refractivity (Wildman–Crippen MR) is 66.4 cm³/mol. The van der Waals surface area contributed by atoms with Crippen LogP contribution in [0.5, 0.6) is 0 Å². The lowest BCUT2D eigenvalue weighted by atomic mass is 10.3. The maximum atomic E-state index is 10.9. The highest BCUT2D eigenvalue weighted by Crippen LogP contribution is 2.11. The van der Waals surface area contributed by atoms with Gasteiger partial charge in [0.1, 0.15) is 10.4 Å².